The van der Waals surface area contributed by atoms with Gasteiger partial charge in [-0.25, -0.2) is 0 Å². The zero-order chi connectivity index (χ0) is 19.8. The van der Waals surface area contributed by atoms with Crippen LogP contribution in [0, 0.1) is 0 Å². The molecule has 0 atom stereocenters. The molecular weight excluding hydrogens is 352 g/mol. The van der Waals surface area contributed by atoms with E-state index in [1.807, 2.05) is 41.3 Å². The van der Waals surface area contributed by atoms with E-state index in [1.165, 1.54) is 0 Å². The van der Waals surface area contributed by atoms with E-state index in [9.17, 15) is 4.79 Å². The van der Waals surface area contributed by atoms with Gasteiger partial charge in [0.05, 0.1) is 7.11 Å². The fourth-order valence-electron chi connectivity index (χ4n) is 3.25. The molecule has 0 radical (unpaired) electrons. The summed E-state index contributed by atoms with van der Waals surface area (Å²) < 4.78 is 5.26. The number of amides is 1. The van der Waals surface area contributed by atoms with Crippen LogP contribution in [-0.2, 0) is 17.9 Å². The maximum Gasteiger partial charge on any atom is 0.226 e. The van der Waals surface area contributed by atoms with E-state index < -0.39 is 0 Å². The van der Waals surface area contributed by atoms with Crippen molar-refractivity contribution in [2.24, 2.45) is 4.99 Å². The van der Waals surface area contributed by atoms with Gasteiger partial charge in [-0.15, -0.1) is 0 Å². The van der Waals surface area contributed by atoms with Crippen LogP contribution in [0.1, 0.15) is 30.4 Å². The lowest BCUT2D eigenvalue weighted by Gasteiger charge is -2.26. The zero-order valence-corrected chi connectivity index (χ0v) is 16.6. The number of ether oxygens (including phenoxy) is 1. The van der Waals surface area contributed by atoms with Gasteiger partial charge in [-0.05, 0) is 48.2 Å². The number of nitrogens with one attached hydrogen (secondary N) is 2. The van der Waals surface area contributed by atoms with Gasteiger partial charge < -0.3 is 20.3 Å². The Morgan fingerprint density at radius 2 is 1.82 bits per heavy atom. The predicted molar refractivity (Wildman–Crippen MR) is 113 cm³/mol. The standard InChI is InChI=1S/C22H28N4O2/c1-23-22(25-16-18-6-5-7-20(14-18)28-2)24-15-17-9-11-19(12-10-17)26-13-4-3-8-21(26)27/h5-7,9-12,14H,3-4,8,13,15-16H2,1-2H3,(H2,23,24,25). The van der Waals surface area contributed by atoms with E-state index in [1.54, 1.807) is 14.2 Å². The first-order valence-corrected chi connectivity index (χ1v) is 9.66. The number of guanidine groups is 1. The molecule has 3 rings (SSSR count). The second-order valence-corrected chi connectivity index (χ2v) is 6.80. The van der Waals surface area contributed by atoms with Crippen LogP contribution in [-0.4, -0.2) is 32.6 Å². The summed E-state index contributed by atoms with van der Waals surface area (Å²) in [7, 11) is 3.42. The molecule has 0 spiro atoms. The average molecular weight is 380 g/mol. The number of hydrogen-bond acceptors (Lipinski definition) is 3. The van der Waals surface area contributed by atoms with Crippen molar-refractivity contribution in [2.45, 2.75) is 32.4 Å². The number of carbonyl (C=O) groups is 1. The summed E-state index contributed by atoms with van der Waals surface area (Å²) in [5.74, 6) is 1.80. The smallest absolute Gasteiger partial charge is 0.226 e. The van der Waals surface area contributed by atoms with E-state index in [2.05, 4.69) is 27.8 Å². The Morgan fingerprint density at radius 1 is 1.07 bits per heavy atom. The molecule has 2 aromatic carbocycles. The summed E-state index contributed by atoms with van der Waals surface area (Å²) >= 11 is 0. The second kappa shape index (κ2) is 9.78. The largest absolute Gasteiger partial charge is 0.497 e. The quantitative estimate of drug-likeness (QED) is 0.597. The molecule has 28 heavy (non-hydrogen) atoms. The summed E-state index contributed by atoms with van der Waals surface area (Å²) in [6, 6.07) is 16.1. The molecule has 0 unspecified atom stereocenters. The van der Waals surface area contributed by atoms with Crippen molar-refractivity contribution >= 4 is 17.6 Å². The van der Waals surface area contributed by atoms with Crippen molar-refractivity contribution in [1.29, 1.82) is 0 Å². The Kier molecular flexibility index (Phi) is 6.89. The molecule has 2 aromatic rings. The fourth-order valence-corrected chi connectivity index (χ4v) is 3.25. The van der Waals surface area contributed by atoms with Gasteiger partial charge in [0.25, 0.3) is 0 Å². The van der Waals surface area contributed by atoms with Crippen LogP contribution in [0.2, 0.25) is 0 Å². The Bertz CT molecular complexity index is 818. The molecule has 6 nitrogen and oxygen atoms in total. The summed E-state index contributed by atoms with van der Waals surface area (Å²) in [4.78, 5) is 18.2. The van der Waals surface area contributed by atoms with E-state index >= 15 is 0 Å². The second-order valence-electron chi connectivity index (χ2n) is 6.80. The minimum atomic E-state index is 0.222. The van der Waals surface area contributed by atoms with Crippen LogP contribution in [0.25, 0.3) is 0 Å². The van der Waals surface area contributed by atoms with E-state index in [0.717, 1.165) is 47.9 Å². The molecule has 1 aliphatic heterocycles. The molecule has 2 N–H and O–H groups in total. The first-order chi connectivity index (χ1) is 13.7. The lowest BCUT2D eigenvalue weighted by Crippen LogP contribution is -2.36. The summed E-state index contributed by atoms with van der Waals surface area (Å²) in [6.07, 6.45) is 2.72. The highest BCUT2D eigenvalue weighted by Gasteiger charge is 2.19. The van der Waals surface area contributed by atoms with Crippen molar-refractivity contribution in [3.63, 3.8) is 0 Å². The van der Waals surface area contributed by atoms with Gasteiger partial charge in [-0.1, -0.05) is 24.3 Å². The topological polar surface area (TPSA) is 66.0 Å². The predicted octanol–water partition coefficient (Wildman–Crippen LogP) is 3.08. The van der Waals surface area contributed by atoms with E-state index in [0.29, 0.717) is 19.5 Å². The Balaban J connectivity index is 1.51. The molecule has 0 aliphatic carbocycles. The van der Waals surface area contributed by atoms with Gasteiger partial charge in [0, 0.05) is 38.8 Å². The van der Waals surface area contributed by atoms with Crippen molar-refractivity contribution < 1.29 is 9.53 Å². The van der Waals surface area contributed by atoms with Crippen LogP contribution in [0.3, 0.4) is 0 Å². The molecule has 1 amide bonds. The Labute approximate surface area is 166 Å². The third-order valence-electron chi connectivity index (χ3n) is 4.85. The van der Waals surface area contributed by atoms with E-state index in [4.69, 9.17) is 4.74 Å². The average Bonchev–Trinajstić information content (AvgIpc) is 2.75. The number of benzene rings is 2. The van der Waals surface area contributed by atoms with Crippen molar-refractivity contribution in [3.8, 4) is 5.75 Å². The molecule has 0 bridgehead atoms. The molecule has 1 saturated heterocycles. The van der Waals surface area contributed by atoms with E-state index in [-0.39, 0.29) is 5.91 Å². The maximum absolute atomic E-state index is 12.0. The lowest BCUT2D eigenvalue weighted by atomic mass is 10.1. The maximum atomic E-state index is 12.0. The van der Waals surface area contributed by atoms with Gasteiger partial charge in [0.1, 0.15) is 5.75 Å². The minimum absolute atomic E-state index is 0.222. The first-order valence-electron chi connectivity index (χ1n) is 9.66. The van der Waals surface area contributed by atoms with Gasteiger partial charge in [0.15, 0.2) is 5.96 Å². The third kappa shape index (κ3) is 5.25. The number of piperidine rings is 1. The monoisotopic (exact) mass is 380 g/mol. The number of aliphatic imine (C=N–C) groups is 1. The third-order valence-corrected chi connectivity index (χ3v) is 4.85. The van der Waals surface area contributed by atoms with Crippen LogP contribution in [0.5, 0.6) is 5.75 Å². The van der Waals surface area contributed by atoms with Crippen molar-refractivity contribution in [3.05, 3.63) is 59.7 Å². The lowest BCUT2D eigenvalue weighted by molar-refractivity contribution is -0.119. The molecule has 0 saturated carbocycles. The Morgan fingerprint density at radius 3 is 2.50 bits per heavy atom. The van der Waals surface area contributed by atoms with Gasteiger partial charge in [-0.3, -0.25) is 9.79 Å². The molecule has 0 aromatic heterocycles. The summed E-state index contributed by atoms with van der Waals surface area (Å²) in [6.45, 7) is 2.14. The number of anilines is 1. The number of nitrogens with zero attached hydrogens (tertiary/aromatic N) is 2. The number of carbonyl (C=O) groups excluding carboxylic acids is 1. The SMILES string of the molecule is CN=C(NCc1ccc(N2CCCCC2=O)cc1)NCc1cccc(OC)c1. The highest BCUT2D eigenvalue weighted by molar-refractivity contribution is 5.93. The summed E-state index contributed by atoms with van der Waals surface area (Å²) in [5.41, 5.74) is 3.24. The molecule has 6 heteroatoms. The highest BCUT2D eigenvalue weighted by Crippen LogP contribution is 2.21. The molecule has 148 valence electrons. The minimum Gasteiger partial charge on any atom is -0.497 e. The number of methoxy groups -OCH3 is 1. The zero-order valence-electron chi connectivity index (χ0n) is 16.6. The number of hydrogen-bond donors (Lipinski definition) is 2. The fraction of sp³-hybridized carbons (Fsp3) is 0.364. The van der Waals surface area contributed by atoms with Crippen molar-refractivity contribution in [1.82, 2.24) is 10.6 Å². The van der Waals surface area contributed by atoms with Crippen LogP contribution >= 0.6 is 0 Å². The van der Waals surface area contributed by atoms with Crippen molar-refractivity contribution in [2.75, 3.05) is 25.6 Å². The molecular formula is C22H28N4O2. The van der Waals surface area contributed by atoms with Crippen LogP contribution in [0.15, 0.2) is 53.5 Å². The molecule has 1 fully saturated rings. The highest BCUT2D eigenvalue weighted by atomic mass is 16.5. The summed E-state index contributed by atoms with van der Waals surface area (Å²) in [5, 5.41) is 6.63. The van der Waals surface area contributed by atoms with Gasteiger partial charge in [0.2, 0.25) is 5.91 Å². The van der Waals surface area contributed by atoms with Gasteiger partial charge in [-0.2, -0.15) is 0 Å². The Hall–Kier alpha value is -3.02. The number of rotatable bonds is 6. The molecule has 1 aliphatic rings. The first kappa shape index (κ1) is 19.7. The van der Waals surface area contributed by atoms with Crippen LogP contribution < -0.4 is 20.3 Å². The van der Waals surface area contributed by atoms with Crippen LogP contribution in [0.4, 0.5) is 5.69 Å². The normalized spacial score (nSPS) is 14.7. The van der Waals surface area contributed by atoms with Gasteiger partial charge >= 0.3 is 0 Å². The molecule has 1 heterocycles.